The summed E-state index contributed by atoms with van der Waals surface area (Å²) in [5.74, 6) is 0. The molecule has 1 fully saturated rings. The van der Waals surface area contributed by atoms with Crippen LogP contribution in [0.25, 0.3) is 0 Å². The highest BCUT2D eigenvalue weighted by molar-refractivity contribution is 6.30. The molecule has 1 aromatic rings. The van der Waals surface area contributed by atoms with Crippen LogP contribution in [-0.4, -0.2) is 18.2 Å². The highest BCUT2D eigenvalue weighted by atomic mass is 35.5. The highest BCUT2D eigenvalue weighted by Crippen LogP contribution is 2.25. The van der Waals surface area contributed by atoms with Gasteiger partial charge in [0.2, 0.25) is 0 Å². The fourth-order valence-electron chi connectivity index (χ4n) is 2.47. The van der Waals surface area contributed by atoms with E-state index in [1.807, 2.05) is 0 Å². The van der Waals surface area contributed by atoms with E-state index in [0.717, 1.165) is 25.7 Å². The van der Waals surface area contributed by atoms with Crippen LogP contribution in [-0.2, 0) is 4.74 Å². The van der Waals surface area contributed by atoms with E-state index in [1.165, 1.54) is 12.8 Å². The van der Waals surface area contributed by atoms with Crippen molar-refractivity contribution in [3.8, 4) is 0 Å². The van der Waals surface area contributed by atoms with E-state index in [4.69, 9.17) is 22.1 Å². The fraction of sp³-hybridized carbons (Fsp3) is 0.533. The topological polar surface area (TPSA) is 64.3 Å². The summed E-state index contributed by atoms with van der Waals surface area (Å²) in [6, 6.07) is 6.89. The second-order valence-corrected chi connectivity index (χ2v) is 5.92. The predicted molar refractivity (Wildman–Crippen MR) is 81.0 cm³/mol. The van der Waals surface area contributed by atoms with Crippen molar-refractivity contribution in [2.75, 3.05) is 11.9 Å². The number of benzene rings is 1. The van der Waals surface area contributed by atoms with Gasteiger partial charge in [-0.25, -0.2) is 4.79 Å². The third kappa shape index (κ3) is 4.69. The molecule has 0 spiro atoms. The van der Waals surface area contributed by atoms with Crippen LogP contribution in [0.15, 0.2) is 24.3 Å². The first-order chi connectivity index (χ1) is 9.57. The molecule has 0 bridgehead atoms. The van der Waals surface area contributed by atoms with Crippen molar-refractivity contribution < 1.29 is 9.53 Å². The number of nitrogens with two attached hydrogens (primary N) is 1. The minimum atomic E-state index is -0.471. The number of carbonyl (C=O) groups is 1. The summed E-state index contributed by atoms with van der Waals surface area (Å²) in [6.45, 7) is 0.270. The summed E-state index contributed by atoms with van der Waals surface area (Å²) in [6.07, 6.45) is 6.02. The van der Waals surface area contributed by atoms with Crippen LogP contribution in [0.3, 0.4) is 0 Å². The predicted octanol–water partition coefficient (Wildman–Crippen LogP) is 3.94. The Balaban J connectivity index is 1.80. The van der Waals surface area contributed by atoms with E-state index in [9.17, 15) is 4.79 Å². The van der Waals surface area contributed by atoms with E-state index in [2.05, 4.69) is 5.32 Å². The Labute approximate surface area is 124 Å². The van der Waals surface area contributed by atoms with Gasteiger partial charge in [0.1, 0.15) is 6.61 Å². The summed E-state index contributed by atoms with van der Waals surface area (Å²) in [5, 5.41) is 3.29. The Morgan fingerprint density at radius 3 is 2.40 bits per heavy atom. The monoisotopic (exact) mass is 296 g/mol. The molecule has 110 valence electrons. The van der Waals surface area contributed by atoms with Crippen LogP contribution < -0.4 is 11.1 Å². The van der Waals surface area contributed by atoms with Gasteiger partial charge in [-0.15, -0.1) is 0 Å². The highest BCUT2D eigenvalue weighted by Gasteiger charge is 2.27. The van der Waals surface area contributed by atoms with Crippen LogP contribution in [0.4, 0.5) is 10.5 Å². The average Bonchev–Trinajstić information content (AvgIpc) is 2.65. The molecule has 5 heteroatoms. The molecular weight excluding hydrogens is 276 g/mol. The van der Waals surface area contributed by atoms with Crippen molar-refractivity contribution >= 4 is 23.4 Å². The average molecular weight is 297 g/mol. The molecule has 3 N–H and O–H groups in total. The van der Waals surface area contributed by atoms with Crippen LogP contribution in [0.2, 0.25) is 5.02 Å². The van der Waals surface area contributed by atoms with Gasteiger partial charge in [-0.1, -0.05) is 37.3 Å². The van der Waals surface area contributed by atoms with Crippen molar-refractivity contribution in [1.29, 1.82) is 0 Å². The molecule has 0 radical (unpaired) electrons. The number of hydrogen-bond donors (Lipinski definition) is 2. The van der Waals surface area contributed by atoms with Gasteiger partial charge >= 0.3 is 6.09 Å². The summed E-state index contributed by atoms with van der Waals surface area (Å²) in [4.78, 5) is 11.7. The maximum atomic E-state index is 11.7. The van der Waals surface area contributed by atoms with Crippen molar-refractivity contribution in [2.45, 2.75) is 44.1 Å². The fourth-order valence-corrected chi connectivity index (χ4v) is 2.60. The van der Waals surface area contributed by atoms with Gasteiger partial charge in [-0.3, -0.25) is 5.32 Å². The quantitative estimate of drug-likeness (QED) is 0.830. The number of halogens is 1. The third-order valence-corrected chi connectivity index (χ3v) is 3.93. The van der Waals surface area contributed by atoms with Crippen molar-refractivity contribution in [3.05, 3.63) is 29.3 Å². The summed E-state index contributed by atoms with van der Waals surface area (Å²) in [7, 11) is 0. The van der Waals surface area contributed by atoms with E-state index in [-0.39, 0.29) is 12.1 Å². The van der Waals surface area contributed by atoms with E-state index >= 15 is 0 Å². The second kappa shape index (κ2) is 6.95. The first kappa shape index (κ1) is 15.1. The van der Waals surface area contributed by atoms with Crippen molar-refractivity contribution in [2.24, 2.45) is 5.73 Å². The Morgan fingerprint density at radius 1 is 1.20 bits per heavy atom. The molecule has 1 amide bonds. The van der Waals surface area contributed by atoms with Gasteiger partial charge < -0.3 is 10.5 Å². The number of ether oxygens (including phenoxy) is 1. The summed E-state index contributed by atoms with van der Waals surface area (Å²) < 4.78 is 5.27. The summed E-state index contributed by atoms with van der Waals surface area (Å²) >= 11 is 5.78. The first-order valence-electron chi connectivity index (χ1n) is 7.06. The van der Waals surface area contributed by atoms with Gasteiger partial charge in [0.05, 0.1) is 5.54 Å². The van der Waals surface area contributed by atoms with Gasteiger partial charge in [0, 0.05) is 10.7 Å². The Kier molecular flexibility index (Phi) is 5.26. The molecule has 1 aromatic carbocycles. The van der Waals surface area contributed by atoms with E-state index in [0.29, 0.717) is 10.7 Å². The van der Waals surface area contributed by atoms with Crippen LogP contribution in [0.1, 0.15) is 38.5 Å². The molecule has 1 aliphatic carbocycles. The minimum absolute atomic E-state index is 0.270. The van der Waals surface area contributed by atoms with Gasteiger partial charge in [-0.05, 0) is 37.1 Å². The number of hydrogen-bond acceptors (Lipinski definition) is 3. The molecule has 0 aromatic heterocycles. The molecule has 1 aliphatic rings. The number of amides is 1. The van der Waals surface area contributed by atoms with E-state index in [1.54, 1.807) is 24.3 Å². The lowest BCUT2D eigenvalue weighted by atomic mass is 9.93. The largest absolute Gasteiger partial charge is 0.447 e. The number of rotatable bonds is 3. The Hall–Kier alpha value is -1.26. The SMILES string of the molecule is NC1(COC(=O)Nc2ccc(Cl)cc2)CCCCCC1. The number of carbonyl (C=O) groups excluding carboxylic acids is 1. The number of anilines is 1. The zero-order valence-corrected chi connectivity index (χ0v) is 12.3. The number of nitrogens with one attached hydrogen (secondary N) is 1. The van der Waals surface area contributed by atoms with Crippen LogP contribution in [0.5, 0.6) is 0 Å². The van der Waals surface area contributed by atoms with Gasteiger partial charge in [0.15, 0.2) is 0 Å². The van der Waals surface area contributed by atoms with Gasteiger partial charge in [0.25, 0.3) is 0 Å². The maximum Gasteiger partial charge on any atom is 0.411 e. The maximum absolute atomic E-state index is 11.7. The molecule has 0 heterocycles. The zero-order valence-electron chi connectivity index (χ0n) is 11.5. The van der Waals surface area contributed by atoms with E-state index < -0.39 is 6.09 Å². The molecule has 20 heavy (non-hydrogen) atoms. The normalized spacial score (nSPS) is 18.1. The lowest BCUT2D eigenvalue weighted by molar-refractivity contribution is 0.122. The molecule has 2 rings (SSSR count). The standard InChI is InChI=1S/C15H21ClN2O2/c16-12-5-7-13(8-6-12)18-14(19)20-11-15(17)9-3-1-2-4-10-15/h5-8H,1-4,9-11,17H2,(H,18,19). The molecular formula is C15H21ClN2O2. The Bertz CT molecular complexity index is 440. The van der Waals surface area contributed by atoms with Crippen molar-refractivity contribution in [3.63, 3.8) is 0 Å². The Morgan fingerprint density at radius 2 is 1.80 bits per heavy atom. The third-order valence-electron chi connectivity index (χ3n) is 3.68. The molecule has 0 aliphatic heterocycles. The van der Waals surface area contributed by atoms with Gasteiger partial charge in [-0.2, -0.15) is 0 Å². The molecule has 1 saturated carbocycles. The molecule has 0 unspecified atom stereocenters. The second-order valence-electron chi connectivity index (χ2n) is 5.48. The lowest BCUT2D eigenvalue weighted by Crippen LogP contribution is -2.45. The van der Waals surface area contributed by atoms with Crippen molar-refractivity contribution in [1.82, 2.24) is 0 Å². The molecule has 4 nitrogen and oxygen atoms in total. The summed E-state index contributed by atoms with van der Waals surface area (Å²) in [5.41, 5.74) is 6.59. The smallest absolute Gasteiger partial charge is 0.411 e. The molecule has 0 atom stereocenters. The lowest BCUT2D eigenvalue weighted by Gasteiger charge is -2.27. The van der Waals surface area contributed by atoms with Crippen LogP contribution >= 0.6 is 11.6 Å². The zero-order chi connectivity index (χ0) is 14.4. The first-order valence-corrected chi connectivity index (χ1v) is 7.43. The minimum Gasteiger partial charge on any atom is -0.447 e. The molecule has 0 saturated heterocycles. The van der Waals surface area contributed by atoms with Crippen LogP contribution in [0, 0.1) is 0 Å².